The van der Waals surface area contributed by atoms with E-state index in [1.165, 1.54) is 0 Å². The molecule has 0 fully saturated rings. The Morgan fingerprint density at radius 2 is 2.18 bits per heavy atom. The fourth-order valence-electron chi connectivity index (χ4n) is 0.344. The molecule has 0 N–H and O–H groups in total. The van der Waals surface area contributed by atoms with E-state index in [1.807, 2.05) is 0 Å². The Balaban J connectivity index is 4.08. The lowest BCUT2D eigenvalue weighted by Crippen LogP contribution is -2.22. The van der Waals surface area contributed by atoms with E-state index in [0.29, 0.717) is 0 Å². The van der Waals surface area contributed by atoms with Crippen LogP contribution in [0.4, 0.5) is 0 Å². The molecule has 0 aliphatic carbocycles. The summed E-state index contributed by atoms with van der Waals surface area (Å²) in [4.78, 5) is 19.6. The molecule has 0 aliphatic rings. The van der Waals surface area contributed by atoms with Crippen LogP contribution in [0.25, 0.3) is 0 Å². The molecule has 0 amide bonds. The van der Waals surface area contributed by atoms with Crippen LogP contribution in [-0.4, -0.2) is 17.1 Å². The first-order valence-electron chi connectivity index (χ1n) is 2.71. The van der Waals surface area contributed by atoms with Crippen LogP contribution in [0.1, 0.15) is 0 Å². The molecule has 0 spiro atoms. The summed E-state index contributed by atoms with van der Waals surface area (Å²) in [6.07, 6.45) is 0.280. The minimum absolute atomic E-state index is 0.769. The van der Waals surface area contributed by atoms with Crippen LogP contribution in [0.5, 0.6) is 0 Å². The second kappa shape index (κ2) is 4.21. The number of esters is 1. The van der Waals surface area contributed by atoms with Gasteiger partial charge in [-0.15, -0.1) is 0 Å². The number of carbonyl (C=O) groups is 1. The molecule has 0 saturated heterocycles. The number of hydrogen-bond donors (Lipinski definition) is 0. The Morgan fingerprint density at radius 3 is 2.45 bits per heavy atom. The van der Waals surface area contributed by atoms with E-state index in [2.05, 4.69) is 17.9 Å². The second-order valence-electron chi connectivity index (χ2n) is 1.55. The summed E-state index contributed by atoms with van der Waals surface area (Å²) >= 11 is 0. The van der Waals surface area contributed by atoms with Crippen molar-refractivity contribution in [2.24, 2.45) is 0 Å². The SMILES string of the molecule is C=CC(=O)OC(C=C)[N+](=O)[O-]. The standard InChI is InChI=1S/C6H7NO4/c1-3-5(7(9)10)11-6(8)4-2/h3-5H,1-2H2. The van der Waals surface area contributed by atoms with Gasteiger partial charge in [0, 0.05) is 12.2 Å². The number of hydrogen-bond acceptors (Lipinski definition) is 4. The third-order valence-corrected chi connectivity index (χ3v) is 0.813. The second-order valence-corrected chi connectivity index (χ2v) is 1.55. The summed E-state index contributed by atoms with van der Waals surface area (Å²) in [5.74, 6) is -0.841. The molecule has 0 aromatic carbocycles. The molecule has 0 bridgehead atoms. The van der Waals surface area contributed by atoms with Crippen molar-refractivity contribution < 1.29 is 14.5 Å². The molecule has 0 aliphatic heterocycles. The van der Waals surface area contributed by atoms with Crippen molar-refractivity contribution in [3.8, 4) is 0 Å². The lowest BCUT2D eigenvalue weighted by atomic mass is 10.5. The lowest BCUT2D eigenvalue weighted by molar-refractivity contribution is -0.552. The predicted octanol–water partition coefficient (Wildman–Crippen LogP) is 0.504. The molecular weight excluding hydrogens is 150 g/mol. The normalized spacial score (nSPS) is 11.3. The zero-order valence-corrected chi connectivity index (χ0v) is 5.73. The molecule has 0 aromatic heterocycles. The van der Waals surface area contributed by atoms with E-state index in [9.17, 15) is 14.9 Å². The van der Waals surface area contributed by atoms with Gasteiger partial charge in [-0.25, -0.2) is 4.79 Å². The van der Waals surface area contributed by atoms with E-state index >= 15 is 0 Å². The molecular formula is C6H7NO4. The highest BCUT2D eigenvalue weighted by atomic mass is 16.7. The highest BCUT2D eigenvalue weighted by Crippen LogP contribution is 1.94. The fourth-order valence-corrected chi connectivity index (χ4v) is 0.344. The minimum Gasteiger partial charge on any atom is -0.391 e. The average molecular weight is 157 g/mol. The Labute approximate surface area is 63.1 Å². The van der Waals surface area contributed by atoms with Crippen LogP contribution in [0.3, 0.4) is 0 Å². The molecule has 5 heteroatoms. The van der Waals surface area contributed by atoms with Crippen molar-refractivity contribution in [2.75, 3.05) is 0 Å². The smallest absolute Gasteiger partial charge is 0.375 e. The summed E-state index contributed by atoms with van der Waals surface area (Å²) in [7, 11) is 0. The van der Waals surface area contributed by atoms with E-state index in [0.717, 1.165) is 12.2 Å². The largest absolute Gasteiger partial charge is 0.391 e. The highest BCUT2D eigenvalue weighted by molar-refractivity contribution is 5.81. The first-order chi connectivity index (χ1) is 5.11. The summed E-state index contributed by atoms with van der Waals surface area (Å²) in [6, 6.07) is 0. The first kappa shape index (κ1) is 9.35. The number of carbonyl (C=O) groups excluding carboxylic acids is 1. The summed E-state index contributed by atoms with van der Waals surface area (Å²) < 4.78 is 4.24. The monoisotopic (exact) mass is 157 g/mol. The van der Waals surface area contributed by atoms with Gasteiger partial charge in [0.15, 0.2) is 0 Å². The third kappa shape index (κ3) is 3.14. The molecule has 0 rings (SSSR count). The first-order valence-corrected chi connectivity index (χ1v) is 2.71. The molecule has 1 atom stereocenters. The third-order valence-electron chi connectivity index (χ3n) is 0.813. The maximum absolute atomic E-state index is 10.4. The van der Waals surface area contributed by atoms with Gasteiger partial charge in [0.25, 0.3) is 0 Å². The predicted molar refractivity (Wildman–Crippen MR) is 37.3 cm³/mol. The van der Waals surface area contributed by atoms with Gasteiger partial charge in [0.05, 0.1) is 4.92 Å². The van der Waals surface area contributed by atoms with Crippen molar-refractivity contribution in [3.05, 3.63) is 35.4 Å². The van der Waals surface area contributed by atoms with Gasteiger partial charge in [-0.05, 0) is 0 Å². The zero-order valence-electron chi connectivity index (χ0n) is 5.73. The Hall–Kier alpha value is -1.65. The van der Waals surface area contributed by atoms with Crippen molar-refractivity contribution >= 4 is 5.97 Å². The lowest BCUT2D eigenvalue weighted by Gasteiger charge is -2.02. The van der Waals surface area contributed by atoms with E-state index in [1.54, 1.807) is 0 Å². The van der Waals surface area contributed by atoms with Gasteiger partial charge in [0.1, 0.15) is 0 Å². The maximum Gasteiger partial charge on any atom is 0.375 e. The van der Waals surface area contributed by atoms with Crippen LogP contribution in [-0.2, 0) is 9.53 Å². The van der Waals surface area contributed by atoms with Gasteiger partial charge >= 0.3 is 12.2 Å². The molecule has 11 heavy (non-hydrogen) atoms. The van der Waals surface area contributed by atoms with Crippen molar-refractivity contribution in [1.29, 1.82) is 0 Å². The number of rotatable bonds is 4. The molecule has 1 unspecified atom stereocenters. The van der Waals surface area contributed by atoms with Crippen LogP contribution in [0.2, 0.25) is 0 Å². The molecule has 0 radical (unpaired) electrons. The van der Waals surface area contributed by atoms with E-state index in [4.69, 9.17) is 0 Å². The Bertz CT molecular complexity index is 199. The van der Waals surface area contributed by atoms with Crippen molar-refractivity contribution in [3.63, 3.8) is 0 Å². The highest BCUT2D eigenvalue weighted by Gasteiger charge is 2.17. The number of nitrogens with zero attached hydrogens (tertiary/aromatic N) is 1. The molecule has 0 heterocycles. The van der Waals surface area contributed by atoms with Crippen LogP contribution >= 0.6 is 0 Å². The van der Waals surface area contributed by atoms with E-state index in [-0.39, 0.29) is 0 Å². The zero-order chi connectivity index (χ0) is 8.85. The maximum atomic E-state index is 10.4. The summed E-state index contributed by atoms with van der Waals surface area (Å²) in [5, 5.41) is 10.0. The van der Waals surface area contributed by atoms with Crippen molar-refractivity contribution in [1.82, 2.24) is 0 Å². The van der Waals surface area contributed by atoms with Crippen LogP contribution in [0.15, 0.2) is 25.3 Å². The molecule has 60 valence electrons. The van der Waals surface area contributed by atoms with Crippen molar-refractivity contribution in [2.45, 2.75) is 6.23 Å². The number of ether oxygens (including phenoxy) is 1. The van der Waals surface area contributed by atoms with Crippen LogP contribution in [0, 0.1) is 10.1 Å². The molecule has 0 saturated carbocycles. The van der Waals surface area contributed by atoms with Gasteiger partial charge in [-0.2, -0.15) is 0 Å². The molecule has 5 nitrogen and oxygen atoms in total. The quantitative estimate of drug-likeness (QED) is 0.149. The fraction of sp³-hybridized carbons (Fsp3) is 0.167. The average Bonchev–Trinajstić information content (AvgIpc) is 1.99. The molecule has 0 aromatic rings. The summed E-state index contributed by atoms with van der Waals surface area (Å²) in [6.45, 7) is 6.19. The topological polar surface area (TPSA) is 69.4 Å². The van der Waals surface area contributed by atoms with Crippen LogP contribution < -0.4 is 0 Å². The Morgan fingerprint density at radius 1 is 1.64 bits per heavy atom. The van der Waals surface area contributed by atoms with Gasteiger partial charge in [-0.1, -0.05) is 13.2 Å². The van der Waals surface area contributed by atoms with Gasteiger partial charge < -0.3 is 4.74 Å². The van der Waals surface area contributed by atoms with E-state index < -0.39 is 17.1 Å². The summed E-state index contributed by atoms with van der Waals surface area (Å²) in [5.41, 5.74) is 0. The van der Waals surface area contributed by atoms with Gasteiger partial charge in [-0.3, -0.25) is 10.1 Å². The minimum atomic E-state index is -1.49. The Kier molecular flexibility index (Phi) is 3.58. The van der Waals surface area contributed by atoms with Gasteiger partial charge in [0.2, 0.25) is 0 Å². The number of nitro groups is 1.